The van der Waals surface area contributed by atoms with Crippen molar-refractivity contribution in [1.82, 2.24) is 4.72 Å². The Morgan fingerprint density at radius 1 is 1.10 bits per heavy atom. The number of nitrogen functional groups attached to an aromatic ring is 1. The smallest absolute Gasteiger partial charge is 0.265 e. The fraction of sp³-hybridized carbons (Fsp3) is 0. The van der Waals surface area contributed by atoms with Gasteiger partial charge >= 0.3 is 0 Å². The van der Waals surface area contributed by atoms with E-state index in [0.29, 0.717) is 5.02 Å². The molecule has 0 spiro atoms. The van der Waals surface area contributed by atoms with Gasteiger partial charge in [0.1, 0.15) is 0 Å². The SMILES string of the molecule is Nc1cc(C(=O)NS(=O)(=O)c2ccccc2)ccc1Cl. The molecular weight excluding hydrogens is 300 g/mol. The first-order valence-corrected chi connectivity index (χ1v) is 7.43. The summed E-state index contributed by atoms with van der Waals surface area (Å²) in [7, 11) is -3.90. The largest absolute Gasteiger partial charge is 0.398 e. The molecule has 7 heteroatoms. The molecule has 0 aromatic heterocycles. The van der Waals surface area contributed by atoms with E-state index in [-0.39, 0.29) is 16.1 Å². The van der Waals surface area contributed by atoms with Gasteiger partial charge in [0, 0.05) is 5.56 Å². The third-order valence-corrected chi connectivity index (χ3v) is 4.23. The van der Waals surface area contributed by atoms with Gasteiger partial charge in [0.15, 0.2) is 0 Å². The van der Waals surface area contributed by atoms with Gasteiger partial charge in [-0.2, -0.15) is 0 Å². The second-order valence-electron chi connectivity index (χ2n) is 3.98. The van der Waals surface area contributed by atoms with Crippen LogP contribution in [0.2, 0.25) is 5.02 Å². The molecule has 0 aliphatic rings. The minimum Gasteiger partial charge on any atom is -0.398 e. The number of hydrogen-bond donors (Lipinski definition) is 2. The van der Waals surface area contributed by atoms with Gasteiger partial charge in [-0.05, 0) is 30.3 Å². The van der Waals surface area contributed by atoms with Gasteiger partial charge in [0.05, 0.1) is 15.6 Å². The molecule has 0 heterocycles. The van der Waals surface area contributed by atoms with E-state index >= 15 is 0 Å². The number of nitrogens with two attached hydrogens (primary N) is 1. The van der Waals surface area contributed by atoms with Gasteiger partial charge in [-0.3, -0.25) is 4.79 Å². The zero-order valence-corrected chi connectivity index (χ0v) is 11.8. The molecule has 3 N–H and O–H groups in total. The Hall–Kier alpha value is -2.05. The third-order valence-electron chi connectivity index (χ3n) is 2.54. The van der Waals surface area contributed by atoms with Crippen molar-refractivity contribution in [3.8, 4) is 0 Å². The van der Waals surface area contributed by atoms with E-state index < -0.39 is 15.9 Å². The zero-order valence-electron chi connectivity index (χ0n) is 10.2. The molecule has 0 saturated carbocycles. The van der Waals surface area contributed by atoms with Gasteiger partial charge in [-0.15, -0.1) is 0 Å². The van der Waals surface area contributed by atoms with Crippen molar-refractivity contribution in [3.05, 3.63) is 59.1 Å². The second-order valence-corrected chi connectivity index (χ2v) is 6.07. The first kappa shape index (κ1) is 14.4. The quantitative estimate of drug-likeness (QED) is 0.849. The van der Waals surface area contributed by atoms with E-state index in [0.717, 1.165) is 0 Å². The van der Waals surface area contributed by atoms with E-state index in [1.165, 1.54) is 30.3 Å². The first-order chi connectivity index (χ1) is 9.40. The predicted molar refractivity (Wildman–Crippen MR) is 77.0 cm³/mol. The van der Waals surface area contributed by atoms with Crippen molar-refractivity contribution >= 4 is 33.2 Å². The van der Waals surface area contributed by atoms with Crippen LogP contribution >= 0.6 is 11.6 Å². The van der Waals surface area contributed by atoms with E-state index in [9.17, 15) is 13.2 Å². The normalized spacial score (nSPS) is 11.1. The Morgan fingerprint density at radius 3 is 2.35 bits per heavy atom. The zero-order chi connectivity index (χ0) is 14.8. The van der Waals surface area contributed by atoms with Crippen molar-refractivity contribution in [2.75, 3.05) is 5.73 Å². The number of amides is 1. The minimum atomic E-state index is -3.90. The molecule has 104 valence electrons. The van der Waals surface area contributed by atoms with Crippen LogP contribution in [-0.2, 0) is 10.0 Å². The van der Waals surface area contributed by atoms with E-state index in [1.54, 1.807) is 18.2 Å². The first-order valence-electron chi connectivity index (χ1n) is 5.57. The topological polar surface area (TPSA) is 89.3 Å². The molecule has 0 unspecified atom stereocenters. The Bertz CT molecular complexity index is 745. The number of carbonyl (C=O) groups excluding carboxylic acids is 1. The molecule has 2 aromatic rings. The number of rotatable bonds is 3. The lowest BCUT2D eigenvalue weighted by atomic mass is 10.2. The summed E-state index contributed by atoms with van der Waals surface area (Å²) in [5.74, 6) is -0.766. The molecule has 0 aliphatic carbocycles. The highest BCUT2D eigenvalue weighted by molar-refractivity contribution is 7.90. The molecule has 0 bridgehead atoms. The van der Waals surface area contributed by atoms with Crippen LogP contribution in [-0.4, -0.2) is 14.3 Å². The van der Waals surface area contributed by atoms with Gasteiger partial charge in [0.2, 0.25) is 0 Å². The number of benzene rings is 2. The highest BCUT2D eigenvalue weighted by atomic mass is 35.5. The van der Waals surface area contributed by atoms with Crippen LogP contribution in [0.3, 0.4) is 0 Å². The van der Waals surface area contributed by atoms with Crippen molar-refractivity contribution in [3.63, 3.8) is 0 Å². The molecule has 2 aromatic carbocycles. The lowest BCUT2D eigenvalue weighted by Crippen LogP contribution is -2.30. The second kappa shape index (κ2) is 5.52. The van der Waals surface area contributed by atoms with Crippen LogP contribution in [0.4, 0.5) is 5.69 Å². The number of nitrogens with one attached hydrogen (secondary N) is 1. The minimum absolute atomic E-state index is 0.00952. The van der Waals surface area contributed by atoms with Crippen molar-refractivity contribution < 1.29 is 13.2 Å². The van der Waals surface area contributed by atoms with E-state index in [4.69, 9.17) is 17.3 Å². The lowest BCUT2D eigenvalue weighted by molar-refractivity contribution is 0.0981. The fourth-order valence-corrected chi connectivity index (χ4v) is 2.64. The van der Waals surface area contributed by atoms with Crippen LogP contribution in [0.25, 0.3) is 0 Å². The summed E-state index contributed by atoms with van der Waals surface area (Å²) in [6.45, 7) is 0. The third kappa shape index (κ3) is 3.09. The molecule has 0 aliphatic heterocycles. The molecule has 0 atom stereocenters. The lowest BCUT2D eigenvalue weighted by Gasteiger charge is -2.07. The highest BCUT2D eigenvalue weighted by Gasteiger charge is 2.18. The molecule has 2 rings (SSSR count). The summed E-state index contributed by atoms with van der Waals surface area (Å²) < 4.78 is 25.9. The van der Waals surface area contributed by atoms with Crippen LogP contribution in [0.1, 0.15) is 10.4 Å². The number of sulfonamides is 1. The summed E-state index contributed by atoms with van der Waals surface area (Å²) in [5.41, 5.74) is 5.89. The van der Waals surface area contributed by atoms with Crippen LogP contribution in [0.15, 0.2) is 53.4 Å². The number of halogens is 1. The van der Waals surface area contributed by atoms with Gasteiger partial charge in [-0.25, -0.2) is 13.1 Å². The van der Waals surface area contributed by atoms with E-state index in [2.05, 4.69) is 0 Å². The average molecular weight is 311 g/mol. The molecule has 5 nitrogen and oxygen atoms in total. The number of anilines is 1. The summed E-state index contributed by atoms with van der Waals surface area (Å²) >= 11 is 5.74. The molecule has 0 fully saturated rings. The monoisotopic (exact) mass is 310 g/mol. The Balaban J connectivity index is 2.25. The Morgan fingerprint density at radius 2 is 1.75 bits per heavy atom. The van der Waals surface area contributed by atoms with Gasteiger partial charge < -0.3 is 5.73 Å². The predicted octanol–water partition coefficient (Wildman–Crippen LogP) is 2.04. The Labute approximate surface area is 121 Å². The maximum atomic E-state index is 12.0. The highest BCUT2D eigenvalue weighted by Crippen LogP contribution is 2.19. The molecular formula is C13H11ClN2O3S. The molecule has 0 radical (unpaired) electrons. The average Bonchev–Trinajstić information content (AvgIpc) is 2.42. The molecule has 0 saturated heterocycles. The van der Waals surface area contributed by atoms with Crippen LogP contribution < -0.4 is 10.5 Å². The van der Waals surface area contributed by atoms with Crippen molar-refractivity contribution in [2.24, 2.45) is 0 Å². The van der Waals surface area contributed by atoms with Crippen LogP contribution in [0.5, 0.6) is 0 Å². The van der Waals surface area contributed by atoms with Crippen molar-refractivity contribution in [1.29, 1.82) is 0 Å². The van der Waals surface area contributed by atoms with Crippen molar-refractivity contribution in [2.45, 2.75) is 4.90 Å². The maximum Gasteiger partial charge on any atom is 0.265 e. The summed E-state index contributed by atoms with van der Waals surface area (Å²) in [5, 5.41) is 0.299. The maximum absolute atomic E-state index is 12.0. The summed E-state index contributed by atoms with van der Waals surface area (Å²) in [6, 6.07) is 11.8. The molecule has 1 amide bonds. The van der Waals surface area contributed by atoms with E-state index in [1.807, 2.05) is 4.72 Å². The Kier molecular flexibility index (Phi) is 3.96. The summed E-state index contributed by atoms with van der Waals surface area (Å²) in [6.07, 6.45) is 0. The number of carbonyl (C=O) groups is 1. The molecule has 20 heavy (non-hydrogen) atoms. The van der Waals surface area contributed by atoms with Gasteiger partial charge in [-0.1, -0.05) is 29.8 Å². The fourth-order valence-electron chi connectivity index (χ4n) is 1.52. The van der Waals surface area contributed by atoms with Gasteiger partial charge in [0.25, 0.3) is 15.9 Å². The number of hydrogen-bond acceptors (Lipinski definition) is 4. The summed E-state index contributed by atoms with van der Waals surface area (Å²) in [4.78, 5) is 11.9. The standard InChI is InChI=1S/C13H11ClN2O3S/c14-11-7-6-9(8-12(11)15)13(17)16-20(18,19)10-4-2-1-3-5-10/h1-8H,15H2,(H,16,17). The van der Waals surface area contributed by atoms with Crippen LogP contribution in [0, 0.1) is 0 Å².